The first-order valence-electron chi connectivity index (χ1n) is 9.20. The van der Waals surface area contributed by atoms with E-state index >= 15 is 0 Å². The van der Waals surface area contributed by atoms with Crippen LogP contribution in [0.15, 0.2) is 44.2 Å². The molecule has 154 valence electrons. The highest BCUT2D eigenvalue weighted by Crippen LogP contribution is 2.32. The predicted molar refractivity (Wildman–Crippen MR) is 113 cm³/mol. The molecule has 2 amide bonds. The van der Waals surface area contributed by atoms with Crippen LogP contribution in [0.4, 0.5) is 5.82 Å². The second-order valence-electron chi connectivity index (χ2n) is 7.08. The van der Waals surface area contributed by atoms with Gasteiger partial charge in [-0.05, 0) is 20.8 Å². The van der Waals surface area contributed by atoms with Gasteiger partial charge in [0.25, 0.3) is 17.4 Å². The molecule has 11 heteroatoms. The van der Waals surface area contributed by atoms with Crippen molar-refractivity contribution in [1.82, 2.24) is 19.3 Å². The van der Waals surface area contributed by atoms with E-state index in [9.17, 15) is 14.4 Å². The van der Waals surface area contributed by atoms with Gasteiger partial charge in [0.15, 0.2) is 5.16 Å². The second kappa shape index (κ2) is 7.48. The molecule has 4 heterocycles. The molecule has 4 rings (SSSR count). The van der Waals surface area contributed by atoms with Gasteiger partial charge in [0.1, 0.15) is 5.82 Å². The van der Waals surface area contributed by atoms with Crippen LogP contribution in [0.1, 0.15) is 30.8 Å². The summed E-state index contributed by atoms with van der Waals surface area (Å²) in [5, 5.41) is 7.70. The van der Waals surface area contributed by atoms with Crippen LogP contribution in [0.3, 0.4) is 0 Å². The molecule has 0 spiro atoms. The number of fused-ring (bicyclic) bond motifs is 1. The van der Waals surface area contributed by atoms with Crippen molar-refractivity contribution in [1.29, 1.82) is 0 Å². The number of hydrogen-bond acceptors (Lipinski definition) is 7. The Morgan fingerprint density at radius 2 is 2.00 bits per heavy atom. The molecule has 0 bridgehead atoms. The van der Waals surface area contributed by atoms with Crippen molar-refractivity contribution in [2.24, 2.45) is 9.98 Å². The smallest absolute Gasteiger partial charge is 0.281 e. The summed E-state index contributed by atoms with van der Waals surface area (Å²) in [4.78, 5) is 49.6. The first-order chi connectivity index (χ1) is 14.2. The second-order valence-corrected chi connectivity index (χ2v) is 8.07. The molecule has 0 saturated heterocycles. The Bertz CT molecular complexity index is 1220. The number of rotatable bonds is 3. The lowest BCUT2D eigenvalue weighted by Crippen LogP contribution is -2.29. The Morgan fingerprint density at radius 1 is 1.23 bits per heavy atom. The number of thioether (sulfide) groups is 1. The first kappa shape index (κ1) is 20.0. The first-order valence-corrected chi connectivity index (χ1v) is 10.2. The molecule has 0 fully saturated rings. The third kappa shape index (κ3) is 3.63. The van der Waals surface area contributed by atoms with Crippen molar-refractivity contribution in [2.45, 2.75) is 38.4 Å². The Labute approximate surface area is 175 Å². The fourth-order valence-electron chi connectivity index (χ4n) is 3.21. The molecule has 0 aromatic carbocycles. The zero-order valence-corrected chi connectivity index (χ0v) is 17.5. The molecule has 0 saturated carbocycles. The number of amides is 2. The third-order valence-corrected chi connectivity index (χ3v) is 5.79. The SMILES string of the molecule is C=C1C(=O)N=C(n2nc(C)cc2NC(=O)CC2CSc3nc(C)cc(=O)n32)N=C1C. The molecular formula is C19H19N7O3S. The Hall–Kier alpha value is -3.34. The number of aliphatic imine (C=N–C) groups is 2. The maximum Gasteiger partial charge on any atom is 0.281 e. The summed E-state index contributed by atoms with van der Waals surface area (Å²) in [6, 6.07) is 2.83. The normalized spacial score (nSPS) is 18.2. The summed E-state index contributed by atoms with van der Waals surface area (Å²) >= 11 is 1.45. The van der Waals surface area contributed by atoms with Crippen LogP contribution in [-0.2, 0) is 9.59 Å². The van der Waals surface area contributed by atoms with Crippen molar-refractivity contribution in [3.63, 3.8) is 0 Å². The highest BCUT2D eigenvalue weighted by Gasteiger charge is 2.28. The highest BCUT2D eigenvalue weighted by molar-refractivity contribution is 7.99. The van der Waals surface area contributed by atoms with Gasteiger partial charge in [-0.2, -0.15) is 14.8 Å². The summed E-state index contributed by atoms with van der Waals surface area (Å²) in [7, 11) is 0. The zero-order chi connectivity index (χ0) is 21.6. The minimum Gasteiger partial charge on any atom is -0.310 e. The molecule has 2 aliphatic heterocycles. The van der Waals surface area contributed by atoms with Crippen molar-refractivity contribution >= 4 is 41.1 Å². The Morgan fingerprint density at radius 3 is 2.73 bits per heavy atom. The number of anilines is 1. The van der Waals surface area contributed by atoms with Gasteiger partial charge >= 0.3 is 0 Å². The lowest BCUT2D eigenvalue weighted by atomic mass is 10.2. The summed E-state index contributed by atoms with van der Waals surface area (Å²) in [6.45, 7) is 8.83. The number of carbonyl (C=O) groups is 2. The van der Waals surface area contributed by atoms with Crippen molar-refractivity contribution < 1.29 is 9.59 Å². The molecule has 30 heavy (non-hydrogen) atoms. The molecule has 0 radical (unpaired) electrons. The lowest BCUT2D eigenvalue weighted by molar-refractivity contribution is -0.117. The van der Waals surface area contributed by atoms with Gasteiger partial charge in [-0.25, -0.2) is 9.98 Å². The molecule has 2 aromatic heterocycles. The maximum atomic E-state index is 12.7. The molecule has 2 aromatic rings. The predicted octanol–water partition coefficient (Wildman–Crippen LogP) is 1.49. The van der Waals surface area contributed by atoms with Crippen LogP contribution < -0.4 is 10.9 Å². The topological polar surface area (TPSA) is 124 Å². The third-order valence-electron chi connectivity index (χ3n) is 4.69. The molecule has 1 unspecified atom stereocenters. The van der Waals surface area contributed by atoms with Crippen molar-refractivity contribution in [2.75, 3.05) is 11.1 Å². The van der Waals surface area contributed by atoms with Crippen LogP contribution >= 0.6 is 11.8 Å². The van der Waals surface area contributed by atoms with Crippen molar-refractivity contribution in [3.8, 4) is 0 Å². The van der Waals surface area contributed by atoms with Crippen LogP contribution in [0, 0.1) is 13.8 Å². The van der Waals surface area contributed by atoms with Crippen LogP contribution in [0.5, 0.6) is 0 Å². The molecule has 10 nitrogen and oxygen atoms in total. The average molecular weight is 425 g/mol. The molecule has 1 atom stereocenters. The van der Waals surface area contributed by atoms with Gasteiger partial charge in [-0.1, -0.05) is 18.3 Å². The molecule has 1 N–H and O–H groups in total. The monoisotopic (exact) mass is 425 g/mol. The summed E-state index contributed by atoms with van der Waals surface area (Å²) in [6.07, 6.45) is 0.0966. The Kier molecular flexibility index (Phi) is 4.98. The lowest BCUT2D eigenvalue weighted by Gasteiger charge is -2.15. The van der Waals surface area contributed by atoms with E-state index < -0.39 is 5.91 Å². The fourth-order valence-corrected chi connectivity index (χ4v) is 4.41. The van der Waals surface area contributed by atoms with E-state index in [-0.39, 0.29) is 35.5 Å². The van der Waals surface area contributed by atoms with E-state index in [1.165, 1.54) is 22.5 Å². The van der Waals surface area contributed by atoms with Crippen LogP contribution in [-0.4, -0.2) is 48.6 Å². The van der Waals surface area contributed by atoms with Crippen LogP contribution in [0.2, 0.25) is 0 Å². The van der Waals surface area contributed by atoms with E-state index in [1.807, 2.05) is 0 Å². The van der Waals surface area contributed by atoms with E-state index in [0.29, 0.717) is 33.8 Å². The highest BCUT2D eigenvalue weighted by atomic mass is 32.2. The van der Waals surface area contributed by atoms with Gasteiger partial charge in [0, 0.05) is 30.0 Å². The number of hydrogen-bond donors (Lipinski definition) is 1. The number of nitrogens with one attached hydrogen (secondary N) is 1. The standard InChI is InChI=1S/C19H19N7O3S/c1-9-6-16(28)25-13(8-30-19(25)20-9)7-15(27)22-14-5-10(2)24-26(14)18-21-12(4)11(3)17(29)23-18/h5-6,13H,3,7-8H2,1-2,4H3,(H,22,27). The quantitative estimate of drug-likeness (QED) is 0.587. The molecule has 0 aliphatic carbocycles. The maximum absolute atomic E-state index is 12.7. The van der Waals surface area contributed by atoms with Gasteiger partial charge < -0.3 is 5.32 Å². The van der Waals surface area contributed by atoms with Crippen molar-refractivity contribution in [3.05, 3.63) is 46.0 Å². The van der Waals surface area contributed by atoms with Crippen LogP contribution in [0.25, 0.3) is 0 Å². The number of nitrogens with zero attached hydrogens (tertiary/aromatic N) is 6. The average Bonchev–Trinajstić information content (AvgIpc) is 3.22. The number of carbonyl (C=O) groups excluding carboxylic acids is 2. The Balaban J connectivity index is 1.55. The minimum atomic E-state index is -0.496. The van der Waals surface area contributed by atoms with E-state index in [2.05, 4.69) is 32.0 Å². The summed E-state index contributed by atoms with van der Waals surface area (Å²) in [5.74, 6) is 0.198. The fraction of sp³-hybridized carbons (Fsp3) is 0.316. The largest absolute Gasteiger partial charge is 0.310 e. The number of aromatic nitrogens is 4. The van der Waals surface area contributed by atoms with Gasteiger partial charge in [-0.3, -0.25) is 19.0 Å². The number of aryl methyl sites for hydroxylation is 2. The van der Waals surface area contributed by atoms with E-state index in [1.54, 1.807) is 31.4 Å². The molecule has 2 aliphatic rings. The minimum absolute atomic E-state index is 0.0611. The summed E-state index contributed by atoms with van der Waals surface area (Å²) in [5.41, 5.74) is 1.78. The van der Waals surface area contributed by atoms with Gasteiger partial charge in [0.2, 0.25) is 5.91 Å². The zero-order valence-electron chi connectivity index (χ0n) is 16.7. The van der Waals surface area contributed by atoms with Gasteiger partial charge in [0.05, 0.1) is 23.0 Å². The van der Waals surface area contributed by atoms with Gasteiger partial charge in [-0.15, -0.1) is 0 Å². The molecular weight excluding hydrogens is 406 g/mol. The van der Waals surface area contributed by atoms with E-state index in [4.69, 9.17) is 0 Å². The van der Waals surface area contributed by atoms with E-state index in [0.717, 1.165) is 0 Å². The summed E-state index contributed by atoms with van der Waals surface area (Å²) < 4.78 is 2.87.